The van der Waals surface area contributed by atoms with Gasteiger partial charge in [-0.15, -0.1) is 0 Å². The van der Waals surface area contributed by atoms with Crippen molar-refractivity contribution in [3.05, 3.63) is 60.7 Å². The van der Waals surface area contributed by atoms with Crippen molar-refractivity contribution in [3.63, 3.8) is 0 Å². The second-order valence-corrected chi connectivity index (χ2v) is 9.30. The molecular formula is C23H26F3N7S. The molecule has 0 saturated heterocycles. The molecule has 7 nitrogen and oxygen atoms in total. The zero-order valence-electron chi connectivity index (χ0n) is 19.2. The summed E-state index contributed by atoms with van der Waals surface area (Å²) in [7, 11) is 6.02. The molecule has 0 N–H and O–H groups in total. The number of hydrogen-bond donors (Lipinski definition) is 0. The third-order valence-corrected chi connectivity index (χ3v) is 6.33. The maximum atomic E-state index is 13.1. The van der Waals surface area contributed by atoms with Crippen molar-refractivity contribution in [1.29, 1.82) is 0 Å². The van der Waals surface area contributed by atoms with Gasteiger partial charge in [-0.1, -0.05) is 12.1 Å². The van der Waals surface area contributed by atoms with Crippen LogP contribution in [0.25, 0.3) is 16.7 Å². The van der Waals surface area contributed by atoms with Crippen LogP contribution < -0.4 is 4.31 Å². The van der Waals surface area contributed by atoms with Crippen LogP contribution in [0.2, 0.25) is 0 Å². The van der Waals surface area contributed by atoms with Crippen LogP contribution in [0.4, 0.5) is 18.9 Å². The van der Waals surface area contributed by atoms with Crippen molar-refractivity contribution in [3.8, 4) is 5.82 Å². The van der Waals surface area contributed by atoms with Crippen molar-refractivity contribution in [2.45, 2.75) is 23.9 Å². The summed E-state index contributed by atoms with van der Waals surface area (Å²) in [5.41, 5.74) is 1.29. The Kier molecular flexibility index (Phi) is 7.13. The van der Waals surface area contributed by atoms with Gasteiger partial charge < -0.3 is 9.21 Å². The van der Waals surface area contributed by atoms with E-state index >= 15 is 0 Å². The SMILES string of the molecule is CN(C)CCCCN(Sc1cnn(-c2cc(C(F)(F)F)ccn2)c1)c1cccc2cnn(C)c12. The van der Waals surface area contributed by atoms with Gasteiger partial charge in [0.05, 0.1) is 34.1 Å². The number of aromatic nitrogens is 5. The van der Waals surface area contributed by atoms with Gasteiger partial charge in [-0.3, -0.25) is 4.68 Å². The Hall–Kier alpha value is -3.05. The molecule has 11 heteroatoms. The van der Waals surface area contributed by atoms with Gasteiger partial charge in [-0.25, -0.2) is 9.67 Å². The van der Waals surface area contributed by atoms with Crippen LogP contribution >= 0.6 is 11.9 Å². The molecule has 1 aromatic carbocycles. The summed E-state index contributed by atoms with van der Waals surface area (Å²) in [6.45, 7) is 1.78. The van der Waals surface area contributed by atoms with Gasteiger partial charge in [0, 0.05) is 31.4 Å². The summed E-state index contributed by atoms with van der Waals surface area (Å²) in [6.07, 6.45) is 3.90. The third-order valence-electron chi connectivity index (χ3n) is 5.31. The average molecular weight is 490 g/mol. The zero-order valence-corrected chi connectivity index (χ0v) is 20.0. The fourth-order valence-electron chi connectivity index (χ4n) is 3.64. The van der Waals surface area contributed by atoms with Gasteiger partial charge in [0.1, 0.15) is 0 Å². The topological polar surface area (TPSA) is 55.0 Å². The van der Waals surface area contributed by atoms with Crippen molar-refractivity contribution < 1.29 is 13.2 Å². The number of anilines is 1. The lowest BCUT2D eigenvalue weighted by Crippen LogP contribution is -2.19. The van der Waals surface area contributed by atoms with E-state index in [9.17, 15) is 13.2 Å². The van der Waals surface area contributed by atoms with Crippen molar-refractivity contribution in [1.82, 2.24) is 29.4 Å². The minimum absolute atomic E-state index is 0.118. The number of aryl methyl sites for hydroxylation is 1. The van der Waals surface area contributed by atoms with Crippen LogP contribution in [0, 0.1) is 0 Å². The lowest BCUT2D eigenvalue weighted by molar-refractivity contribution is -0.137. The predicted molar refractivity (Wildman–Crippen MR) is 128 cm³/mol. The first-order valence-electron chi connectivity index (χ1n) is 10.8. The summed E-state index contributed by atoms with van der Waals surface area (Å²) in [4.78, 5) is 7.01. The zero-order chi connectivity index (χ0) is 24.3. The van der Waals surface area contributed by atoms with Crippen molar-refractivity contribution in [2.75, 3.05) is 31.5 Å². The molecular weight excluding hydrogens is 463 g/mol. The van der Waals surface area contributed by atoms with E-state index in [1.165, 1.54) is 16.6 Å². The van der Waals surface area contributed by atoms with E-state index in [2.05, 4.69) is 44.5 Å². The third kappa shape index (κ3) is 5.53. The highest BCUT2D eigenvalue weighted by molar-refractivity contribution is 8.00. The Bertz CT molecular complexity index is 1250. The molecule has 3 aromatic heterocycles. The molecule has 0 aliphatic heterocycles. The molecule has 0 unspecified atom stereocenters. The Labute approximate surface area is 200 Å². The molecule has 0 radical (unpaired) electrons. The normalized spacial score (nSPS) is 12.1. The molecule has 0 amide bonds. The number of para-hydroxylation sites is 1. The molecule has 4 rings (SSSR count). The highest BCUT2D eigenvalue weighted by atomic mass is 32.2. The predicted octanol–water partition coefficient (Wildman–Crippen LogP) is 5.03. The number of halogens is 3. The Morgan fingerprint density at radius 1 is 1.03 bits per heavy atom. The minimum atomic E-state index is -4.44. The van der Waals surface area contributed by atoms with Gasteiger partial charge in [0.2, 0.25) is 0 Å². The molecule has 0 fully saturated rings. The molecule has 0 spiro atoms. The molecule has 0 bridgehead atoms. The Balaban J connectivity index is 1.60. The molecule has 180 valence electrons. The quantitative estimate of drug-likeness (QED) is 0.243. The first kappa shape index (κ1) is 24.1. The lowest BCUT2D eigenvalue weighted by atomic mass is 10.2. The van der Waals surface area contributed by atoms with Gasteiger partial charge in [-0.05, 0) is 63.6 Å². The largest absolute Gasteiger partial charge is 0.416 e. The molecule has 4 aromatic rings. The van der Waals surface area contributed by atoms with Gasteiger partial charge in [0.15, 0.2) is 5.82 Å². The first-order valence-corrected chi connectivity index (χ1v) is 11.6. The molecule has 0 atom stereocenters. The summed E-state index contributed by atoms with van der Waals surface area (Å²) >= 11 is 1.50. The van der Waals surface area contributed by atoms with Crippen LogP contribution in [0.1, 0.15) is 18.4 Å². The number of rotatable bonds is 9. The second kappa shape index (κ2) is 10.1. The van der Waals surface area contributed by atoms with E-state index < -0.39 is 11.7 Å². The average Bonchev–Trinajstić information content (AvgIpc) is 3.42. The van der Waals surface area contributed by atoms with E-state index in [0.29, 0.717) is 0 Å². The fourth-order valence-corrected chi connectivity index (χ4v) is 4.60. The second-order valence-electron chi connectivity index (χ2n) is 8.21. The standard InChI is InChI=1S/C23H26F3N7S/c1-30(2)11-4-5-12-33(20-8-6-7-17-14-28-31(3)22(17)20)34-19-15-29-32(16-19)21-13-18(9-10-27-21)23(24,25)26/h6-10,13-16H,4-5,11-12H2,1-3H3. The van der Waals surface area contributed by atoms with E-state index in [0.717, 1.165) is 65.7 Å². The van der Waals surface area contributed by atoms with Crippen LogP contribution in [0.3, 0.4) is 0 Å². The fraction of sp³-hybridized carbons (Fsp3) is 0.348. The van der Waals surface area contributed by atoms with Crippen molar-refractivity contribution >= 4 is 28.5 Å². The van der Waals surface area contributed by atoms with Crippen LogP contribution in [-0.2, 0) is 13.2 Å². The van der Waals surface area contributed by atoms with Crippen molar-refractivity contribution in [2.24, 2.45) is 7.05 Å². The monoisotopic (exact) mass is 489 g/mol. The van der Waals surface area contributed by atoms with E-state index in [1.807, 2.05) is 30.1 Å². The molecule has 0 aliphatic carbocycles. The smallest absolute Gasteiger partial charge is 0.310 e. The maximum Gasteiger partial charge on any atom is 0.416 e. The Morgan fingerprint density at radius 2 is 1.82 bits per heavy atom. The molecule has 0 saturated carbocycles. The number of pyridine rings is 1. The summed E-state index contributed by atoms with van der Waals surface area (Å²) < 4.78 is 44.7. The lowest BCUT2D eigenvalue weighted by Gasteiger charge is -2.24. The molecule has 34 heavy (non-hydrogen) atoms. The number of nitrogens with zero attached hydrogens (tertiary/aromatic N) is 7. The van der Waals surface area contributed by atoms with E-state index in [-0.39, 0.29) is 5.82 Å². The van der Waals surface area contributed by atoms with Gasteiger partial charge >= 0.3 is 6.18 Å². The van der Waals surface area contributed by atoms with Gasteiger partial charge in [-0.2, -0.15) is 23.4 Å². The van der Waals surface area contributed by atoms with Gasteiger partial charge in [0.25, 0.3) is 0 Å². The number of unbranched alkanes of at least 4 members (excludes halogenated alkanes) is 1. The number of fused-ring (bicyclic) bond motifs is 1. The molecule has 0 aliphatic rings. The van der Waals surface area contributed by atoms with E-state index in [1.54, 1.807) is 12.4 Å². The van der Waals surface area contributed by atoms with E-state index in [4.69, 9.17) is 0 Å². The summed E-state index contributed by atoms with van der Waals surface area (Å²) in [5.74, 6) is 0.118. The number of benzene rings is 1. The highest BCUT2D eigenvalue weighted by Gasteiger charge is 2.31. The van der Waals surface area contributed by atoms with Crippen LogP contribution in [-0.4, -0.2) is 56.6 Å². The highest BCUT2D eigenvalue weighted by Crippen LogP contribution is 2.35. The maximum absolute atomic E-state index is 13.1. The summed E-state index contributed by atoms with van der Waals surface area (Å²) in [5, 5.41) is 9.70. The number of hydrogen-bond acceptors (Lipinski definition) is 6. The Morgan fingerprint density at radius 3 is 2.59 bits per heavy atom. The van der Waals surface area contributed by atoms with Crippen LogP contribution in [0.15, 0.2) is 60.0 Å². The first-order chi connectivity index (χ1) is 16.2. The number of alkyl halides is 3. The summed E-state index contributed by atoms with van der Waals surface area (Å²) in [6, 6.07) is 8.03. The molecule has 3 heterocycles. The van der Waals surface area contributed by atoms with Crippen LogP contribution in [0.5, 0.6) is 0 Å². The minimum Gasteiger partial charge on any atom is -0.310 e.